The van der Waals surface area contributed by atoms with E-state index in [9.17, 15) is 14.7 Å². The summed E-state index contributed by atoms with van der Waals surface area (Å²) in [6.07, 6.45) is 10.00. The van der Waals surface area contributed by atoms with Crippen LogP contribution in [0.2, 0.25) is 0 Å². The quantitative estimate of drug-likeness (QED) is 0.552. The minimum Gasteiger partial charge on any atom is -0.481 e. The number of hydrogen-bond donors (Lipinski definition) is 1. The van der Waals surface area contributed by atoms with Crippen LogP contribution in [0.1, 0.15) is 106 Å². The Morgan fingerprint density at radius 3 is 2.07 bits per heavy atom. The molecule has 1 N–H and O–H groups in total. The molecule has 4 aliphatic rings. The molecular weight excluding hydrogens is 372 g/mol. The maximum atomic E-state index is 13.0. The van der Waals surface area contributed by atoms with Crippen LogP contribution in [0.4, 0.5) is 0 Å². The zero-order valence-electron chi connectivity index (χ0n) is 20.2. The first kappa shape index (κ1) is 22.3. The summed E-state index contributed by atoms with van der Waals surface area (Å²) < 4.78 is 0. The highest BCUT2D eigenvalue weighted by molar-refractivity contribution is 5.83. The van der Waals surface area contributed by atoms with Crippen LogP contribution in [0.25, 0.3) is 0 Å². The molecule has 0 heterocycles. The smallest absolute Gasteiger partial charge is 0.303 e. The van der Waals surface area contributed by atoms with Crippen LogP contribution in [0.15, 0.2) is 0 Å². The van der Waals surface area contributed by atoms with Gasteiger partial charge in [-0.05, 0) is 96.7 Å². The van der Waals surface area contributed by atoms with E-state index < -0.39 is 5.97 Å². The number of carbonyl (C=O) groups is 2. The largest absolute Gasteiger partial charge is 0.481 e. The molecular formula is C27H44O3. The molecule has 4 saturated carbocycles. The number of carboxylic acid groups (broad SMARTS) is 1. The van der Waals surface area contributed by atoms with Gasteiger partial charge in [0.05, 0.1) is 0 Å². The monoisotopic (exact) mass is 416 g/mol. The number of fused-ring (bicyclic) bond motifs is 5. The number of aliphatic carboxylic acids is 1. The van der Waals surface area contributed by atoms with Crippen LogP contribution in [0, 0.1) is 51.2 Å². The summed E-state index contributed by atoms with van der Waals surface area (Å²) in [7, 11) is 0. The third-order valence-corrected chi connectivity index (χ3v) is 11.7. The highest BCUT2D eigenvalue weighted by Crippen LogP contribution is 2.76. The summed E-state index contributed by atoms with van der Waals surface area (Å²) in [5, 5.41) is 9.28. The van der Waals surface area contributed by atoms with Gasteiger partial charge in [0.2, 0.25) is 0 Å². The summed E-state index contributed by atoms with van der Waals surface area (Å²) in [5.74, 6) is 2.44. The van der Waals surface area contributed by atoms with Crippen molar-refractivity contribution < 1.29 is 14.7 Å². The molecule has 0 aliphatic heterocycles. The summed E-state index contributed by atoms with van der Waals surface area (Å²) in [6.45, 7) is 15.0. The Morgan fingerprint density at radius 1 is 0.933 bits per heavy atom. The van der Waals surface area contributed by atoms with E-state index in [4.69, 9.17) is 0 Å². The van der Waals surface area contributed by atoms with Crippen molar-refractivity contribution >= 4 is 11.8 Å². The zero-order chi connectivity index (χ0) is 22.1. The van der Waals surface area contributed by atoms with Crippen molar-refractivity contribution in [3.63, 3.8) is 0 Å². The molecule has 170 valence electrons. The Labute approximate surface area is 183 Å². The normalized spacial score (nSPS) is 50.7. The predicted molar refractivity (Wildman–Crippen MR) is 120 cm³/mol. The fourth-order valence-electron chi connectivity index (χ4n) is 10.1. The average Bonchev–Trinajstić information content (AvgIpc) is 3.01. The van der Waals surface area contributed by atoms with Gasteiger partial charge in [-0.1, -0.05) is 41.5 Å². The number of hydrogen-bond acceptors (Lipinski definition) is 2. The fraction of sp³-hybridized carbons (Fsp3) is 0.926. The van der Waals surface area contributed by atoms with Gasteiger partial charge in [-0.15, -0.1) is 0 Å². The van der Waals surface area contributed by atoms with E-state index in [0.717, 1.165) is 30.6 Å². The van der Waals surface area contributed by atoms with Crippen molar-refractivity contribution in [3.05, 3.63) is 0 Å². The van der Waals surface area contributed by atoms with Crippen molar-refractivity contribution in [3.8, 4) is 0 Å². The van der Waals surface area contributed by atoms with Gasteiger partial charge in [0.15, 0.2) is 0 Å². The lowest BCUT2D eigenvalue weighted by atomic mass is 9.34. The fourth-order valence-corrected chi connectivity index (χ4v) is 10.1. The standard InChI is InChI=1S/C27H44O3/c1-17(2)18-7-10-21-24(18,3)13-15-27(6)22-11-9-20(28)19(8-12-23(29)30)25(22,4)14-16-26(21,27)5/h17-19,21-22H,7-16H2,1-6H3,(H,29,30)/t18-,19-,21-,22+,24-,25-,26+,27-/m1/s1. The molecule has 0 radical (unpaired) electrons. The molecule has 3 heteroatoms. The van der Waals surface area contributed by atoms with E-state index in [1.807, 2.05) is 0 Å². The zero-order valence-corrected chi connectivity index (χ0v) is 20.2. The molecule has 0 amide bonds. The second-order valence-electron chi connectivity index (χ2n) is 12.9. The maximum Gasteiger partial charge on any atom is 0.303 e. The van der Waals surface area contributed by atoms with Crippen molar-refractivity contribution in [2.45, 2.75) is 106 Å². The van der Waals surface area contributed by atoms with Gasteiger partial charge in [-0.25, -0.2) is 0 Å². The lowest BCUT2D eigenvalue weighted by molar-refractivity contribution is -0.219. The van der Waals surface area contributed by atoms with Crippen LogP contribution in [-0.2, 0) is 9.59 Å². The van der Waals surface area contributed by atoms with Gasteiger partial charge in [0, 0.05) is 18.8 Å². The Morgan fingerprint density at radius 2 is 1.50 bits per heavy atom. The number of ketones is 1. The lowest BCUT2D eigenvalue weighted by Crippen LogP contribution is -2.64. The molecule has 0 aromatic heterocycles. The second kappa shape index (κ2) is 7.07. The molecule has 3 nitrogen and oxygen atoms in total. The van der Waals surface area contributed by atoms with Crippen LogP contribution >= 0.6 is 0 Å². The van der Waals surface area contributed by atoms with E-state index in [0.29, 0.717) is 35.4 Å². The first-order valence-electron chi connectivity index (χ1n) is 12.6. The van der Waals surface area contributed by atoms with Crippen LogP contribution in [0.5, 0.6) is 0 Å². The first-order valence-corrected chi connectivity index (χ1v) is 12.6. The number of carbonyl (C=O) groups excluding carboxylic acids is 1. The van der Waals surface area contributed by atoms with Crippen LogP contribution in [-0.4, -0.2) is 16.9 Å². The van der Waals surface area contributed by atoms with Crippen LogP contribution in [0.3, 0.4) is 0 Å². The number of Topliss-reactive ketones (excluding diaryl/α,β-unsaturated/α-hetero) is 1. The van der Waals surface area contributed by atoms with Crippen molar-refractivity contribution in [2.75, 3.05) is 0 Å². The summed E-state index contributed by atoms with van der Waals surface area (Å²) >= 11 is 0. The molecule has 4 rings (SSSR count). The second-order valence-corrected chi connectivity index (χ2v) is 12.9. The molecule has 30 heavy (non-hydrogen) atoms. The molecule has 0 aromatic rings. The van der Waals surface area contributed by atoms with Gasteiger partial charge >= 0.3 is 5.97 Å². The van der Waals surface area contributed by atoms with Gasteiger partial charge in [0.25, 0.3) is 0 Å². The first-order chi connectivity index (χ1) is 13.9. The average molecular weight is 417 g/mol. The van der Waals surface area contributed by atoms with E-state index in [2.05, 4.69) is 41.5 Å². The molecule has 4 fully saturated rings. The summed E-state index contributed by atoms with van der Waals surface area (Å²) in [4.78, 5) is 24.3. The van der Waals surface area contributed by atoms with E-state index in [1.54, 1.807) is 0 Å². The Hall–Kier alpha value is -0.860. The highest BCUT2D eigenvalue weighted by atomic mass is 16.4. The van der Waals surface area contributed by atoms with E-state index in [-0.39, 0.29) is 23.2 Å². The number of carboxylic acids is 1. The van der Waals surface area contributed by atoms with Crippen LogP contribution < -0.4 is 0 Å². The summed E-state index contributed by atoms with van der Waals surface area (Å²) in [5.41, 5.74) is 1.04. The van der Waals surface area contributed by atoms with Crippen molar-refractivity contribution in [1.82, 2.24) is 0 Å². The minimum atomic E-state index is -0.764. The highest BCUT2D eigenvalue weighted by Gasteiger charge is 2.70. The summed E-state index contributed by atoms with van der Waals surface area (Å²) in [6, 6.07) is 0. The van der Waals surface area contributed by atoms with Crippen molar-refractivity contribution in [2.24, 2.45) is 51.2 Å². The van der Waals surface area contributed by atoms with E-state index >= 15 is 0 Å². The van der Waals surface area contributed by atoms with Crippen molar-refractivity contribution in [1.29, 1.82) is 0 Å². The number of rotatable bonds is 4. The molecule has 0 aromatic carbocycles. The predicted octanol–water partition coefficient (Wildman–Crippen LogP) is 6.74. The van der Waals surface area contributed by atoms with Gasteiger partial charge in [0.1, 0.15) is 5.78 Å². The Kier molecular flexibility index (Phi) is 5.27. The van der Waals surface area contributed by atoms with Gasteiger partial charge in [-0.3, -0.25) is 9.59 Å². The van der Waals surface area contributed by atoms with E-state index in [1.165, 1.54) is 32.1 Å². The molecule has 0 unspecified atom stereocenters. The van der Waals surface area contributed by atoms with Gasteiger partial charge < -0.3 is 5.11 Å². The van der Waals surface area contributed by atoms with Gasteiger partial charge in [-0.2, -0.15) is 0 Å². The SMILES string of the molecule is CC(C)[C@H]1CC[C@@H]2[C@]1(C)CC[C@]1(C)[C@H]3CCC(=O)[C@@H](CCC(=O)O)[C@@]3(C)CC[C@@]21C. The Bertz CT molecular complexity index is 728. The molecule has 0 spiro atoms. The topological polar surface area (TPSA) is 54.4 Å². The molecule has 8 atom stereocenters. The molecule has 0 bridgehead atoms. The minimum absolute atomic E-state index is 0.0250. The lowest BCUT2D eigenvalue weighted by Gasteiger charge is -2.70. The molecule has 4 aliphatic carbocycles. The Balaban J connectivity index is 1.69. The maximum absolute atomic E-state index is 13.0. The third kappa shape index (κ3) is 2.82. The molecule has 0 saturated heterocycles. The third-order valence-electron chi connectivity index (χ3n) is 11.7.